The number of nitrogens with zero attached hydrogens (tertiary/aromatic N) is 5. The first-order valence-electron chi connectivity index (χ1n) is 6.37. The summed E-state index contributed by atoms with van der Waals surface area (Å²) in [4.78, 5) is 10.4. The quantitative estimate of drug-likeness (QED) is 0.849. The van der Waals surface area contributed by atoms with E-state index in [9.17, 15) is 0 Å². The van der Waals surface area contributed by atoms with Gasteiger partial charge in [-0.05, 0) is 25.5 Å². The molecular formula is C14H16ClN5. The Kier molecular flexibility index (Phi) is 4.59. The van der Waals surface area contributed by atoms with Crippen molar-refractivity contribution in [3.8, 4) is 6.07 Å². The van der Waals surface area contributed by atoms with Gasteiger partial charge in [0.15, 0.2) is 5.69 Å². The van der Waals surface area contributed by atoms with Crippen molar-refractivity contribution < 1.29 is 0 Å². The van der Waals surface area contributed by atoms with Crippen molar-refractivity contribution in [2.75, 3.05) is 18.5 Å². The van der Waals surface area contributed by atoms with Gasteiger partial charge in [0.1, 0.15) is 17.7 Å². The van der Waals surface area contributed by atoms with Crippen LogP contribution in [0, 0.1) is 18.3 Å². The minimum Gasteiger partial charge on any atom is -0.360 e. The average Bonchev–Trinajstić information content (AvgIpc) is 2.85. The van der Waals surface area contributed by atoms with Gasteiger partial charge in [-0.2, -0.15) is 5.26 Å². The van der Waals surface area contributed by atoms with E-state index < -0.39 is 0 Å². The minimum absolute atomic E-state index is 0.265. The Morgan fingerprint density at radius 1 is 1.45 bits per heavy atom. The summed E-state index contributed by atoms with van der Waals surface area (Å²) in [5, 5.41) is 9.32. The molecule has 6 heteroatoms. The van der Waals surface area contributed by atoms with Crippen molar-refractivity contribution >= 4 is 17.4 Å². The third-order valence-electron chi connectivity index (χ3n) is 3.14. The van der Waals surface area contributed by atoms with Gasteiger partial charge in [-0.3, -0.25) is 0 Å². The molecule has 2 aromatic rings. The molecule has 0 amide bonds. The first-order valence-corrected chi connectivity index (χ1v) is 6.75. The maximum Gasteiger partial charge on any atom is 0.161 e. The monoisotopic (exact) mass is 289 g/mol. The maximum atomic E-state index is 8.93. The molecule has 0 radical (unpaired) electrons. The third-order valence-corrected chi connectivity index (χ3v) is 3.45. The van der Waals surface area contributed by atoms with Crippen LogP contribution in [0.25, 0.3) is 0 Å². The zero-order valence-corrected chi connectivity index (χ0v) is 12.3. The second kappa shape index (κ2) is 6.40. The molecule has 0 atom stereocenters. The molecule has 0 bridgehead atoms. The van der Waals surface area contributed by atoms with Crippen LogP contribution < -0.4 is 4.90 Å². The number of nitriles is 1. The number of rotatable bonds is 5. The lowest BCUT2D eigenvalue weighted by Crippen LogP contribution is -2.21. The van der Waals surface area contributed by atoms with E-state index >= 15 is 0 Å². The molecule has 0 aliphatic rings. The highest BCUT2D eigenvalue weighted by Gasteiger charge is 2.07. The molecule has 2 aromatic heterocycles. The van der Waals surface area contributed by atoms with E-state index in [1.54, 1.807) is 12.3 Å². The normalized spacial score (nSPS) is 10.3. The maximum absolute atomic E-state index is 8.93. The average molecular weight is 290 g/mol. The molecule has 2 rings (SSSR count). The van der Waals surface area contributed by atoms with Crippen molar-refractivity contribution in [1.82, 2.24) is 14.5 Å². The summed E-state index contributed by atoms with van der Waals surface area (Å²) in [7, 11) is 1.96. The van der Waals surface area contributed by atoms with E-state index in [0.717, 1.165) is 31.2 Å². The van der Waals surface area contributed by atoms with E-state index in [1.807, 2.05) is 37.2 Å². The van der Waals surface area contributed by atoms with Gasteiger partial charge in [-0.1, -0.05) is 11.6 Å². The Bertz CT molecular complexity index is 629. The number of imidazole rings is 1. The Balaban J connectivity index is 1.94. The summed E-state index contributed by atoms with van der Waals surface area (Å²) in [6.45, 7) is 3.75. The molecule has 0 N–H and O–H groups in total. The fraction of sp³-hybridized carbons (Fsp3) is 0.357. The highest BCUT2D eigenvalue weighted by Crippen LogP contribution is 2.18. The Morgan fingerprint density at radius 2 is 2.25 bits per heavy atom. The lowest BCUT2D eigenvalue weighted by atomic mass is 10.3. The SMILES string of the molecule is Cc1nccn1CCCN(C)c1ccc(Cl)c(C#N)n1. The Hall–Kier alpha value is -2.06. The predicted octanol–water partition coefficient (Wildman–Crippen LogP) is 2.64. The summed E-state index contributed by atoms with van der Waals surface area (Å²) in [6.07, 6.45) is 4.75. The molecule has 2 heterocycles. The minimum atomic E-state index is 0.265. The van der Waals surface area contributed by atoms with Gasteiger partial charge in [0, 0.05) is 32.5 Å². The van der Waals surface area contributed by atoms with Gasteiger partial charge in [-0.25, -0.2) is 9.97 Å². The molecule has 5 nitrogen and oxygen atoms in total. The van der Waals surface area contributed by atoms with Crippen LogP contribution in [0.5, 0.6) is 0 Å². The van der Waals surface area contributed by atoms with E-state index in [2.05, 4.69) is 14.5 Å². The second-order valence-corrected chi connectivity index (χ2v) is 4.96. The van der Waals surface area contributed by atoms with E-state index in [4.69, 9.17) is 16.9 Å². The standard InChI is InChI=1S/C14H16ClN5/c1-11-17-6-9-20(11)8-3-7-19(2)14-5-4-12(15)13(10-16)18-14/h4-6,9H,3,7-8H2,1-2H3. The number of anilines is 1. The van der Waals surface area contributed by atoms with Crippen molar-refractivity contribution in [2.45, 2.75) is 19.9 Å². The molecule has 0 unspecified atom stereocenters. The van der Waals surface area contributed by atoms with Crippen molar-refractivity contribution in [3.63, 3.8) is 0 Å². The van der Waals surface area contributed by atoms with Crippen LogP contribution in [0.1, 0.15) is 17.9 Å². The highest BCUT2D eigenvalue weighted by molar-refractivity contribution is 6.31. The second-order valence-electron chi connectivity index (χ2n) is 4.55. The molecule has 104 valence electrons. The first-order chi connectivity index (χ1) is 9.61. The molecule has 0 aliphatic carbocycles. The van der Waals surface area contributed by atoms with Crippen molar-refractivity contribution in [1.29, 1.82) is 5.26 Å². The molecule has 0 aromatic carbocycles. The van der Waals surface area contributed by atoms with Gasteiger partial charge in [0.05, 0.1) is 5.02 Å². The Labute approximate surface area is 123 Å². The van der Waals surface area contributed by atoms with E-state index in [1.165, 1.54) is 0 Å². The van der Waals surface area contributed by atoms with E-state index in [0.29, 0.717) is 5.02 Å². The number of hydrogen-bond acceptors (Lipinski definition) is 4. The molecule has 0 aliphatic heterocycles. The molecular weight excluding hydrogens is 274 g/mol. The molecule has 0 saturated heterocycles. The first kappa shape index (κ1) is 14.4. The number of halogens is 1. The largest absolute Gasteiger partial charge is 0.360 e. The zero-order chi connectivity index (χ0) is 14.5. The lowest BCUT2D eigenvalue weighted by Gasteiger charge is -2.18. The van der Waals surface area contributed by atoms with Crippen molar-refractivity contribution in [3.05, 3.63) is 41.1 Å². The molecule has 0 fully saturated rings. The number of hydrogen-bond donors (Lipinski definition) is 0. The van der Waals surface area contributed by atoms with Gasteiger partial charge in [0.25, 0.3) is 0 Å². The molecule has 0 spiro atoms. The van der Waals surface area contributed by atoms with Crippen LogP contribution in [0.4, 0.5) is 5.82 Å². The van der Waals surface area contributed by atoms with Crippen LogP contribution >= 0.6 is 11.6 Å². The van der Waals surface area contributed by atoms with Gasteiger partial charge in [0.2, 0.25) is 0 Å². The van der Waals surface area contributed by atoms with Crippen LogP contribution in [0.2, 0.25) is 5.02 Å². The molecule has 20 heavy (non-hydrogen) atoms. The van der Waals surface area contributed by atoms with Crippen LogP contribution in [-0.2, 0) is 6.54 Å². The zero-order valence-electron chi connectivity index (χ0n) is 11.5. The summed E-state index contributed by atoms with van der Waals surface area (Å²) in [6, 6.07) is 5.53. The fourth-order valence-electron chi connectivity index (χ4n) is 1.96. The number of pyridine rings is 1. The predicted molar refractivity (Wildman–Crippen MR) is 78.8 cm³/mol. The molecule has 0 saturated carbocycles. The third kappa shape index (κ3) is 3.28. The van der Waals surface area contributed by atoms with Gasteiger partial charge >= 0.3 is 0 Å². The highest BCUT2D eigenvalue weighted by atomic mass is 35.5. The van der Waals surface area contributed by atoms with Crippen LogP contribution in [0.15, 0.2) is 24.5 Å². The topological polar surface area (TPSA) is 57.7 Å². The summed E-state index contributed by atoms with van der Waals surface area (Å²) < 4.78 is 2.11. The lowest BCUT2D eigenvalue weighted by molar-refractivity contribution is 0.621. The Morgan fingerprint density at radius 3 is 2.90 bits per heavy atom. The summed E-state index contributed by atoms with van der Waals surface area (Å²) in [5.74, 6) is 1.78. The van der Waals surface area contributed by atoms with Crippen LogP contribution in [-0.4, -0.2) is 28.1 Å². The summed E-state index contributed by atoms with van der Waals surface area (Å²) in [5.41, 5.74) is 0.265. The number of aryl methyl sites for hydroxylation is 2. The van der Waals surface area contributed by atoms with Crippen molar-refractivity contribution in [2.24, 2.45) is 0 Å². The number of aromatic nitrogens is 3. The smallest absolute Gasteiger partial charge is 0.161 e. The fourth-order valence-corrected chi connectivity index (χ4v) is 2.10. The van der Waals surface area contributed by atoms with E-state index in [-0.39, 0.29) is 5.69 Å². The van der Waals surface area contributed by atoms with Crippen LogP contribution in [0.3, 0.4) is 0 Å². The van der Waals surface area contributed by atoms with Gasteiger partial charge < -0.3 is 9.47 Å². The van der Waals surface area contributed by atoms with Gasteiger partial charge in [-0.15, -0.1) is 0 Å². The summed E-state index contributed by atoms with van der Waals surface area (Å²) >= 11 is 5.88.